The lowest BCUT2D eigenvalue weighted by Crippen LogP contribution is -2.10. The van der Waals surface area contributed by atoms with E-state index in [0.29, 0.717) is 0 Å². The van der Waals surface area contributed by atoms with Crippen molar-refractivity contribution in [3.63, 3.8) is 0 Å². The van der Waals surface area contributed by atoms with Crippen LogP contribution < -0.4 is 5.73 Å². The zero-order valence-corrected chi connectivity index (χ0v) is 10.2. The average molecular weight is 210 g/mol. The van der Waals surface area contributed by atoms with Gasteiger partial charge in [-0.3, -0.25) is 0 Å². The third-order valence-corrected chi connectivity index (χ3v) is 2.25. The SMILES string of the molecule is CCCC(N)c1cc(CC(C)(C)C)no1. The quantitative estimate of drug-likeness (QED) is 0.831. The van der Waals surface area contributed by atoms with Crippen molar-refractivity contribution in [3.8, 4) is 0 Å². The average Bonchev–Trinajstić information content (AvgIpc) is 2.50. The predicted molar refractivity (Wildman–Crippen MR) is 61.5 cm³/mol. The van der Waals surface area contributed by atoms with Gasteiger partial charge in [0.2, 0.25) is 0 Å². The summed E-state index contributed by atoms with van der Waals surface area (Å²) in [5.41, 5.74) is 7.19. The highest BCUT2D eigenvalue weighted by molar-refractivity contribution is 5.10. The summed E-state index contributed by atoms with van der Waals surface area (Å²) in [5.74, 6) is 0.816. The van der Waals surface area contributed by atoms with Gasteiger partial charge in [0.05, 0.1) is 11.7 Å². The van der Waals surface area contributed by atoms with Crippen molar-refractivity contribution in [1.82, 2.24) is 5.16 Å². The molecule has 15 heavy (non-hydrogen) atoms. The van der Waals surface area contributed by atoms with Crippen LogP contribution in [-0.4, -0.2) is 5.16 Å². The highest BCUT2D eigenvalue weighted by atomic mass is 16.5. The summed E-state index contributed by atoms with van der Waals surface area (Å²) in [4.78, 5) is 0. The Morgan fingerprint density at radius 2 is 2.13 bits per heavy atom. The van der Waals surface area contributed by atoms with E-state index in [2.05, 4.69) is 32.9 Å². The van der Waals surface area contributed by atoms with Gasteiger partial charge in [-0.1, -0.05) is 39.3 Å². The summed E-state index contributed by atoms with van der Waals surface area (Å²) in [6.07, 6.45) is 2.94. The molecule has 1 aromatic rings. The van der Waals surface area contributed by atoms with E-state index in [0.717, 1.165) is 30.7 Å². The Bertz CT molecular complexity index is 299. The van der Waals surface area contributed by atoms with Gasteiger partial charge < -0.3 is 10.3 Å². The molecule has 0 bridgehead atoms. The normalized spacial score (nSPS) is 14.2. The van der Waals surface area contributed by atoms with Crippen LogP contribution >= 0.6 is 0 Å². The molecule has 0 fully saturated rings. The molecular formula is C12H22N2O. The Labute approximate surface area is 92.0 Å². The van der Waals surface area contributed by atoms with Gasteiger partial charge in [0.25, 0.3) is 0 Å². The Morgan fingerprint density at radius 3 is 2.67 bits per heavy atom. The molecule has 0 aliphatic heterocycles. The molecule has 1 unspecified atom stereocenters. The number of hydrogen-bond acceptors (Lipinski definition) is 3. The molecule has 0 saturated carbocycles. The fourth-order valence-electron chi connectivity index (χ4n) is 1.58. The zero-order chi connectivity index (χ0) is 11.5. The Morgan fingerprint density at radius 1 is 1.47 bits per heavy atom. The van der Waals surface area contributed by atoms with Crippen LogP contribution in [-0.2, 0) is 6.42 Å². The topological polar surface area (TPSA) is 52.0 Å². The minimum absolute atomic E-state index is 0.00350. The van der Waals surface area contributed by atoms with Crippen molar-refractivity contribution in [2.45, 2.75) is 53.0 Å². The van der Waals surface area contributed by atoms with Crippen molar-refractivity contribution < 1.29 is 4.52 Å². The van der Waals surface area contributed by atoms with E-state index in [9.17, 15) is 0 Å². The van der Waals surface area contributed by atoms with E-state index in [-0.39, 0.29) is 11.5 Å². The Hall–Kier alpha value is -0.830. The summed E-state index contributed by atoms with van der Waals surface area (Å²) in [6, 6.07) is 1.99. The van der Waals surface area contributed by atoms with Crippen LogP contribution in [0.1, 0.15) is 58.0 Å². The Balaban J connectivity index is 2.64. The maximum Gasteiger partial charge on any atom is 0.153 e. The van der Waals surface area contributed by atoms with Crippen LogP contribution in [0.4, 0.5) is 0 Å². The third kappa shape index (κ3) is 4.04. The predicted octanol–water partition coefficient (Wildman–Crippen LogP) is 3.06. The van der Waals surface area contributed by atoms with Crippen LogP contribution in [0.5, 0.6) is 0 Å². The minimum Gasteiger partial charge on any atom is -0.359 e. The maximum absolute atomic E-state index is 5.95. The van der Waals surface area contributed by atoms with Crippen LogP contribution in [0.25, 0.3) is 0 Å². The number of aromatic nitrogens is 1. The van der Waals surface area contributed by atoms with E-state index < -0.39 is 0 Å². The monoisotopic (exact) mass is 210 g/mol. The molecule has 0 aliphatic carbocycles. The molecule has 2 N–H and O–H groups in total. The van der Waals surface area contributed by atoms with Gasteiger partial charge in [0, 0.05) is 6.07 Å². The lowest BCUT2D eigenvalue weighted by molar-refractivity contribution is 0.337. The largest absolute Gasteiger partial charge is 0.359 e. The van der Waals surface area contributed by atoms with Gasteiger partial charge in [-0.05, 0) is 18.3 Å². The minimum atomic E-state index is -0.00350. The lowest BCUT2D eigenvalue weighted by Gasteiger charge is -2.15. The first-order valence-electron chi connectivity index (χ1n) is 5.63. The van der Waals surface area contributed by atoms with E-state index in [4.69, 9.17) is 10.3 Å². The van der Waals surface area contributed by atoms with Gasteiger partial charge in [-0.2, -0.15) is 0 Å². The molecule has 1 heterocycles. The maximum atomic E-state index is 5.95. The molecule has 0 aliphatic rings. The second-order valence-corrected chi connectivity index (χ2v) is 5.35. The van der Waals surface area contributed by atoms with E-state index >= 15 is 0 Å². The molecule has 0 radical (unpaired) electrons. The fourth-order valence-corrected chi connectivity index (χ4v) is 1.58. The summed E-state index contributed by atoms with van der Waals surface area (Å²) in [7, 11) is 0. The third-order valence-electron chi connectivity index (χ3n) is 2.25. The lowest BCUT2D eigenvalue weighted by atomic mass is 9.90. The van der Waals surface area contributed by atoms with Gasteiger partial charge >= 0.3 is 0 Å². The van der Waals surface area contributed by atoms with E-state index in [1.165, 1.54) is 0 Å². The highest BCUT2D eigenvalue weighted by Gasteiger charge is 2.17. The van der Waals surface area contributed by atoms with Gasteiger partial charge in [-0.25, -0.2) is 0 Å². The van der Waals surface area contributed by atoms with Crippen molar-refractivity contribution in [2.75, 3.05) is 0 Å². The molecule has 0 spiro atoms. The molecular weight excluding hydrogens is 188 g/mol. The van der Waals surface area contributed by atoms with Crippen molar-refractivity contribution in [3.05, 3.63) is 17.5 Å². The van der Waals surface area contributed by atoms with Crippen molar-refractivity contribution >= 4 is 0 Å². The van der Waals surface area contributed by atoms with Crippen molar-refractivity contribution in [2.24, 2.45) is 11.1 Å². The molecule has 1 atom stereocenters. The van der Waals surface area contributed by atoms with Crippen LogP contribution in [0.3, 0.4) is 0 Å². The highest BCUT2D eigenvalue weighted by Crippen LogP contribution is 2.23. The number of nitrogens with two attached hydrogens (primary N) is 1. The zero-order valence-electron chi connectivity index (χ0n) is 10.2. The molecule has 3 nitrogen and oxygen atoms in total. The standard InChI is InChI=1S/C12H22N2O/c1-5-6-10(13)11-7-9(14-15-11)8-12(2,3)4/h7,10H,5-6,8,13H2,1-4H3. The Kier molecular flexibility index (Phi) is 3.91. The summed E-state index contributed by atoms with van der Waals surface area (Å²) in [5, 5.41) is 4.05. The second-order valence-electron chi connectivity index (χ2n) is 5.35. The number of nitrogens with zero attached hydrogens (tertiary/aromatic N) is 1. The van der Waals surface area contributed by atoms with Gasteiger partial charge in [-0.15, -0.1) is 0 Å². The molecule has 0 amide bonds. The molecule has 1 aromatic heterocycles. The van der Waals surface area contributed by atoms with Crippen LogP contribution in [0.2, 0.25) is 0 Å². The van der Waals surface area contributed by atoms with Crippen LogP contribution in [0.15, 0.2) is 10.6 Å². The molecule has 3 heteroatoms. The summed E-state index contributed by atoms with van der Waals surface area (Å²) < 4.78 is 5.25. The molecule has 0 saturated heterocycles. The second kappa shape index (κ2) is 4.79. The first-order valence-corrected chi connectivity index (χ1v) is 5.63. The van der Waals surface area contributed by atoms with Crippen LogP contribution in [0, 0.1) is 5.41 Å². The van der Waals surface area contributed by atoms with Crippen molar-refractivity contribution in [1.29, 1.82) is 0 Å². The van der Waals surface area contributed by atoms with Gasteiger partial charge in [0.1, 0.15) is 0 Å². The number of hydrogen-bond donors (Lipinski definition) is 1. The summed E-state index contributed by atoms with van der Waals surface area (Å²) in [6.45, 7) is 8.68. The fraction of sp³-hybridized carbons (Fsp3) is 0.750. The number of rotatable bonds is 4. The molecule has 86 valence electrons. The van der Waals surface area contributed by atoms with E-state index in [1.807, 2.05) is 6.07 Å². The molecule has 1 rings (SSSR count). The van der Waals surface area contributed by atoms with E-state index in [1.54, 1.807) is 0 Å². The summed E-state index contributed by atoms with van der Waals surface area (Å²) >= 11 is 0. The smallest absolute Gasteiger partial charge is 0.153 e. The first kappa shape index (κ1) is 12.2. The first-order chi connectivity index (χ1) is 6.92. The molecule has 0 aromatic carbocycles. The van der Waals surface area contributed by atoms with Gasteiger partial charge in [0.15, 0.2) is 5.76 Å².